The van der Waals surface area contributed by atoms with Gasteiger partial charge in [-0.3, -0.25) is 0 Å². The highest BCUT2D eigenvalue weighted by molar-refractivity contribution is 4.90. The summed E-state index contributed by atoms with van der Waals surface area (Å²) in [6, 6.07) is 0.889. The van der Waals surface area contributed by atoms with Crippen LogP contribution in [-0.2, 0) is 0 Å². The summed E-state index contributed by atoms with van der Waals surface area (Å²) in [5.74, 6) is 2.35. The minimum absolute atomic E-state index is 0.227. The van der Waals surface area contributed by atoms with Crippen LogP contribution in [0.25, 0.3) is 0 Å². The monoisotopic (exact) mass is 225 g/mol. The van der Waals surface area contributed by atoms with Crippen molar-refractivity contribution in [1.82, 2.24) is 0 Å². The van der Waals surface area contributed by atoms with E-state index in [1.54, 1.807) is 0 Å². The van der Waals surface area contributed by atoms with Gasteiger partial charge in [-0.2, -0.15) is 0 Å². The SMILES string of the molecule is CC1CC(C2CCC(N)C(N)C2)CCC1N. The zero-order chi connectivity index (χ0) is 11.7. The predicted octanol–water partition coefficient (Wildman–Crippen LogP) is 1.20. The summed E-state index contributed by atoms with van der Waals surface area (Å²) in [6.07, 6.45) is 7.33. The molecule has 3 heteroatoms. The number of rotatable bonds is 1. The highest BCUT2D eigenvalue weighted by Crippen LogP contribution is 2.39. The maximum Gasteiger partial charge on any atom is 0.0195 e. The van der Waals surface area contributed by atoms with Gasteiger partial charge in [0.15, 0.2) is 0 Å². The molecule has 2 aliphatic carbocycles. The van der Waals surface area contributed by atoms with E-state index >= 15 is 0 Å². The molecule has 0 heterocycles. The minimum Gasteiger partial charge on any atom is -0.327 e. The van der Waals surface area contributed by atoms with E-state index < -0.39 is 0 Å². The van der Waals surface area contributed by atoms with Crippen molar-refractivity contribution in [2.75, 3.05) is 0 Å². The zero-order valence-corrected chi connectivity index (χ0v) is 10.4. The predicted molar refractivity (Wildman–Crippen MR) is 67.8 cm³/mol. The van der Waals surface area contributed by atoms with E-state index in [4.69, 9.17) is 17.2 Å². The molecule has 0 bridgehead atoms. The lowest BCUT2D eigenvalue weighted by Crippen LogP contribution is -2.48. The summed E-state index contributed by atoms with van der Waals surface area (Å²) < 4.78 is 0. The number of hydrogen-bond donors (Lipinski definition) is 3. The van der Waals surface area contributed by atoms with E-state index in [9.17, 15) is 0 Å². The Labute approximate surface area is 99.1 Å². The van der Waals surface area contributed by atoms with E-state index in [1.807, 2.05) is 0 Å². The van der Waals surface area contributed by atoms with Crippen LogP contribution >= 0.6 is 0 Å². The molecule has 2 aliphatic rings. The van der Waals surface area contributed by atoms with Crippen LogP contribution in [0.1, 0.15) is 45.4 Å². The quantitative estimate of drug-likeness (QED) is 0.627. The summed E-state index contributed by atoms with van der Waals surface area (Å²) in [7, 11) is 0. The topological polar surface area (TPSA) is 78.1 Å². The van der Waals surface area contributed by atoms with Crippen LogP contribution in [0, 0.1) is 17.8 Å². The van der Waals surface area contributed by atoms with Gasteiger partial charge in [0.05, 0.1) is 0 Å². The second-order valence-corrected chi connectivity index (χ2v) is 6.12. The van der Waals surface area contributed by atoms with Gasteiger partial charge in [0, 0.05) is 18.1 Å². The molecule has 3 nitrogen and oxygen atoms in total. The number of hydrogen-bond acceptors (Lipinski definition) is 3. The summed E-state index contributed by atoms with van der Waals surface area (Å²) >= 11 is 0. The molecule has 0 saturated heterocycles. The minimum atomic E-state index is 0.227. The Bertz CT molecular complexity index is 207. The molecule has 2 fully saturated rings. The van der Waals surface area contributed by atoms with Gasteiger partial charge in [-0.25, -0.2) is 0 Å². The van der Waals surface area contributed by atoms with Gasteiger partial charge in [-0.15, -0.1) is 0 Å². The summed E-state index contributed by atoms with van der Waals surface area (Å²) in [6.45, 7) is 2.30. The normalized spacial score (nSPS) is 50.2. The summed E-state index contributed by atoms with van der Waals surface area (Å²) in [5.41, 5.74) is 18.1. The molecule has 2 saturated carbocycles. The van der Waals surface area contributed by atoms with Gasteiger partial charge in [0.2, 0.25) is 0 Å². The molecular formula is C13H27N3. The van der Waals surface area contributed by atoms with E-state index in [1.165, 1.54) is 25.7 Å². The van der Waals surface area contributed by atoms with Crippen LogP contribution in [0.5, 0.6) is 0 Å². The third kappa shape index (κ3) is 2.58. The first kappa shape index (κ1) is 12.3. The fourth-order valence-corrected chi connectivity index (χ4v) is 3.58. The fourth-order valence-electron chi connectivity index (χ4n) is 3.58. The molecule has 0 spiro atoms. The third-order valence-electron chi connectivity index (χ3n) is 4.94. The van der Waals surface area contributed by atoms with Crippen LogP contribution < -0.4 is 17.2 Å². The Hall–Kier alpha value is -0.120. The highest BCUT2D eigenvalue weighted by atomic mass is 14.8. The summed E-state index contributed by atoms with van der Waals surface area (Å²) in [4.78, 5) is 0. The molecule has 0 radical (unpaired) electrons. The lowest BCUT2D eigenvalue weighted by atomic mass is 9.68. The second-order valence-electron chi connectivity index (χ2n) is 6.12. The first-order chi connectivity index (χ1) is 7.58. The Balaban J connectivity index is 1.88. The first-order valence-corrected chi connectivity index (χ1v) is 6.84. The molecule has 6 atom stereocenters. The molecule has 16 heavy (non-hydrogen) atoms. The van der Waals surface area contributed by atoms with E-state index in [0.29, 0.717) is 12.0 Å². The Morgan fingerprint density at radius 3 is 1.81 bits per heavy atom. The lowest BCUT2D eigenvalue weighted by molar-refractivity contribution is 0.137. The van der Waals surface area contributed by atoms with Crippen molar-refractivity contribution in [3.05, 3.63) is 0 Å². The van der Waals surface area contributed by atoms with Crippen LogP contribution in [0.2, 0.25) is 0 Å². The van der Waals surface area contributed by atoms with Crippen LogP contribution in [-0.4, -0.2) is 18.1 Å². The van der Waals surface area contributed by atoms with Gasteiger partial charge in [-0.05, 0) is 56.3 Å². The second kappa shape index (κ2) is 5.03. The van der Waals surface area contributed by atoms with Crippen molar-refractivity contribution in [3.63, 3.8) is 0 Å². The fraction of sp³-hybridized carbons (Fsp3) is 1.00. The molecule has 0 aromatic carbocycles. The molecule has 2 rings (SSSR count). The van der Waals surface area contributed by atoms with Crippen LogP contribution in [0.3, 0.4) is 0 Å². The maximum atomic E-state index is 6.09. The smallest absolute Gasteiger partial charge is 0.0195 e. The first-order valence-electron chi connectivity index (χ1n) is 6.84. The highest BCUT2D eigenvalue weighted by Gasteiger charge is 2.34. The van der Waals surface area contributed by atoms with Crippen molar-refractivity contribution < 1.29 is 0 Å². The molecule has 94 valence electrons. The van der Waals surface area contributed by atoms with E-state index in [2.05, 4.69) is 6.92 Å². The van der Waals surface area contributed by atoms with E-state index in [0.717, 1.165) is 24.7 Å². The van der Waals surface area contributed by atoms with Gasteiger partial charge >= 0.3 is 0 Å². The average Bonchev–Trinajstić information content (AvgIpc) is 2.26. The largest absolute Gasteiger partial charge is 0.327 e. The van der Waals surface area contributed by atoms with Crippen molar-refractivity contribution in [3.8, 4) is 0 Å². The van der Waals surface area contributed by atoms with Gasteiger partial charge < -0.3 is 17.2 Å². The Morgan fingerprint density at radius 2 is 1.25 bits per heavy atom. The zero-order valence-electron chi connectivity index (χ0n) is 10.4. The standard InChI is InChI=1S/C13H27N3/c1-8-6-9(2-4-11(8)14)10-3-5-12(15)13(16)7-10/h8-13H,2-7,14-16H2,1H3. The van der Waals surface area contributed by atoms with Gasteiger partial charge in [0.1, 0.15) is 0 Å². The van der Waals surface area contributed by atoms with Crippen LogP contribution in [0.4, 0.5) is 0 Å². The Kier molecular flexibility index (Phi) is 3.88. The molecule has 0 aliphatic heterocycles. The van der Waals surface area contributed by atoms with Crippen LogP contribution in [0.15, 0.2) is 0 Å². The molecule has 0 amide bonds. The van der Waals surface area contributed by atoms with Crippen molar-refractivity contribution >= 4 is 0 Å². The third-order valence-corrected chi connectivity index (χ3v) is 4.94. The van der Waals surface area contributed by atoms with Crippen molar-refractivity contribution in [2.45, 2.75) is 63.6 Å². The lowest BCUT2D eigenvalue weighted by Gasteiger charge is -2.41. The van der Waals surface area contributed by atoms with Gasteiger partial charge in [0.25, 0.3) is 0 Å². The van der Waals surface area contributed by atoms with Crippen molar-refractivity contribution in [2.24, 2.45) is 35.0 Å². The maximum absolute atomic E-state index is 6.09. The number of nitrogens with two attached hydrogens (primary N) is 3. The Morgan fingerprint density at radius 1 is 0.688 bits per heavy atom. The molecule has 0 aromatic heterocycles. The van der Waals surface area contributed by atoms with Gasteiger partial charge in [-0.1, -0.05) is 6.92 Å². The molecule has 6 unspecified atom stereocenters. The van der Waals surface area contributed by atoms with Crippen molar-refractivity contribution in [1.29, 1.82) is 0 Å². The summed E-state index contributed by atoms with van der Waals surface area (Å²) in [5, 5.41) is 0. The average molecular weight is 225 g/mol. The molecule has 0 aromatic rings. The van der Waals surface area contributed by atoms with E-state index in [-0.39, 0.29) is 12.1 Å². The molecular weight excluding hydrogens is 198 g/mol. The molecule has 6 N–H and O–H groups in total.